The summed E-state index contributed by atoms with van der Waals surface area (Å²) in [6, 6.07) is 10.4. The first-order chi connectivity index (χ1) is 12.5. The van der Waals surface area contributed by atoms with E-state index in [1.165, 1.54) is 5.56 Å². The van der Waals surface area contributed by atoms with Gasteiger partial charge in [0, 0.05) is 37.2 Å². The molecule has 1 aromatic carbocycles. The van der Waals surface area contributed by atoms with Gasteiger partial charge in [0.05, 0.1) is 5.69 Å². The quantitative estimate of drug-likeness (QED) is 0.895. The molecule has 0 spiro atoms. The highest BCUT2D eigenvalue weighted by molar-refractivity contribution is 5.79. The number of carbonyl (C=O) groups excluding carboxylic acids is 1. The monoisotopic (exact) mass is 352 g/mol. The van der Waals surface area contributed by atoms with Crippen LogP contribution in [0.3, 0.4) is 0 Å². The first-order valence-electron chi connectivity index (χ1n) is 9.44. The van der Waals surface area contributed by atoms with Crippen molar-refractivity contribution in [2.45, 2.75) is 33.6 Å². The van der Waals surface area contributed by atoms with Crippen LogP contribution in [0.1, 0.15) is 32.3 Å². The molecule has 1 aromatic heterocycles. The van der Waals surface area contributed by atoms with E-state index >= 15 is 0 Å². The molecule has 1 amide bonds. The van der Waals surface area contributed by atoms with Crippen molar-refractivity contribution in [1.82, 2.24) is 15.3 Å². The van der Waals surface area contributed by atoms with Crippen molar-refractivity contribution in [2.75, 3.05) is 24.5 Å². The second-order valence-corrected chi connectivity index (χ2v) is 7.53. The number of benzene rings is 1. The van der Waals surface area contributed by atoms with Crippen LogP contribution < -0.4 is 10.2 Å². The maximum atomic E-state index is 12.3. The van der Waals surface area contributed by atoms with Crippen molar-refractivity contribution in [3.8, 4) is 11.3 Å². The van der Waals surface area contributed by atoms with Crippen molar-refractivity contribution in [1.29, 1.82) is 0 Å². The molecule has 1 aliphatic heterocycles. The number of hydrogen-bond donors (Lipinski definition) is 1. The SMILES string of the molecule is Cc1ccc(-c2cc(N3CCC(C(=O)NCC(C)C)CC3)ncn2)cc1. The Bertz CT molecular complexity index is 734. The Labute approximate surface area is 155 Å². The van der Waals surface area contributed by atoms with Gasteiger partial charge < -0.3 is 10.2 Å². The summed E-state index contributed by atoms with van der Waals surface area (Å²) in [6.07, 6.45) is 3.37. The molecule has 0 atom stereocenters. The molecule has 3 rings (SSSR count). The fourth-order valence-electron chi connectivity index (χ4n) is 3.22. The minimum absolute atomic E-state index is 0.114. The number of aromatic nitrogens is 2. The normalized spacial score (nSPS) is 15.3. The standard InChI is InChI=1S/C21H28N4O/c1-15(2)13-22-21(26)18-8-10-25(11-9-18)20-12-19(23-14-24-20)17-6-4-16(3)5-7-17/h4-7,12,14-15,18H,8-11,13H2,1-3H3,(H,22,26). The van der Waals surface area contributed by atoms with Gasteiger partial charge in [0.25, 0.3) is 0 Å². The lowest BCUT2D eigenvalue weighted by Crippen LogP contribution is -2.41. The fraction of sp³-hybridized carbons (Fsp3) is 0.476. The molecule has 0 unspecified atom stereocenters. The number of anilines is 1. The number of aryl methyl sites for hydroxylation is 1. The molecule has 5 nitrogen and oxygen atoms in total. The van der Waals surface area contributed by atoms with Gasteiger partial charge in [-0.3, -0.25) is 4.79 Å². The van der Waals surface area contributed by atoms with E-state index in [-0.39, 0.29) is 11.8 Å². The van der Waals surface area contributed by atoms with Crippen LogP contribution in [-0.2, 0) is 4.79 Å². The van der Waals surface area contributed by atoms with Crippen LogP contribution in [0, 0.1) is 18.8 Å². The van der Waals surface area contributed by atoms with Gasteiger partial charge in [-0.05, 0) is 25.7 Å². The summed E-state index contributed by atoms with van der Waals surface area (Å²) >= 11 is 0. The summed E-state index contributed by atoms with van der Waals surface area (Å²) in [5.41, 5.74) is 3.27. The highest BCUT2D eigenvalue weighted by Gasteiger charge is 2.25. The number of hydrogen-bond acceptors (Lipinski definition) is 4. The molecule has 0 saturated carbocycles. The van der Waals surface area contributed by atoms with Gasteiger partial charge in [-0.1, -0.05) is 43.7 Å². The fourth-order valence-corrected chi connectivity index (χ4v) is 3.22. The summed E-state index contributed by atoms with van der Waals surface area (Å²) in [4.78, 5) is 23.4. The second-order valence-electron chi connectivity index (χ2n) is 7.53. The van der Waals surface area contributed by atoms with Crippen LogP contribution in [-0.4, -0.2) is 35.5 Å². The number of piperidine rings is 1. The van der Waals surface area contributed by atoms with Crippen LogP contribution in [0.25, 0.3) is 11.3 Å². The maximum Gasteiger partial charge on any atom is 0.223 e. The van der Waals surface area contributed by atoms with E-state index in [9.17, 15) is 4.79 Å². The number of nitrogens with zero attached hydrogens (tertiary/aromatic N) is 3. The third-order valence-electron chi connectivity index (χ3n) is 4.87. The van der Waals surface area contributed by atoms with Crippen molar-refractivity contribution in [3.63, 3.8) is 0 Å². The Morgan fingerprint density at radius 2 is 1.88 bits per heavy atom. The molecule has 26 heavy (non-hydrogen) atoms. The minimum atomic E-state index is 0.114. The smallest absolute Gasteiger partial charge is 0.223 e. The number of amides is 1. The molecule has 138 valence electrons. The molecular formula is C21H28N4O. The van der Waals surface area contributed by atoms with Gasteiger partial charge in [-0.15, -0.1) is 0 Å². The number of nitrogens with one attached hydrogen (secondary N) is 1. The minimum Gasteiger partial charge on any atom is -0.356 e. The summed E-state index contributed by atoms with van der Waals surface area (Å²) in [5, 5.41) is 3.06. The Hall–Kier alpha value is -2.43. The highest BCUT2D eigenvalue weighted by atomic mass is 16.1. The number of carbonyl (C=O) groups is 1. The molecule has 0 aliphatic carbocycles. The van der Waals surface area contributed by atoms with Crippen molar-refractivity contribution >= 4 is 11.7 Å². The zero-order valence-corrected chi connectivity index (χ0v) is 15.9. The van der Waals surface area contributed by atoms with E-state index < -0.39 is 0 Å². The topological polar surface area (TPSA) is 58.1 Å². The predicted octanol–water partition coefficient (Wildman–Crippen LogP) is 3.44. The first kappa shape index (κ1) is 18.4. The predicted molar refractivity (Wildman–Crippen MR) is 105 cm³/mol. The zero-order valence-electron chi connectivity index (χ0n) is 15.9. The molecule has 5 heteroatoms. The zero-order chi connectivity index (χ0) is 18.5. The van der Waals surface area contributed by atoms with E-state index in [0.29, 0.717) is 5.92 Å². The molecule has 2 heterocycles. The van der Waals surface area contributed by atoms with Gasteiger partial charge in [-0.2, -0.15) is 0 Å². The average molecular weight is 352 g/mol. The summed E-state index contributed by atoms with van der Waals surface area (Å²) in [6.45, 7) is 8.77. The third-order valence-corrected chi connectivity index (χ3v) is 4.87. The lowest BCUT2D eigenvalue weighted by molar-refractivity contribution is -0.125. The molecule has 1 N–H and O–H groups in total. The largest absolute Gasteiger partial charge is 0.356 e. The van der Waals surface area contributed by atoms with Crippen LogP contribution in [0.5, 0.6) is 0 Å². The Kier molecular flexibility index (Phi) is 5.86. The van der Waals surface area contributed by atoms with E-state index in [2.05, 4.69) is 65.2 Å². The van der Waals surface area contributed by atoms with Crippen LogP contribution in [0.4, 0.5) is 5.82 Å². The lowest BCUT2D eigenvalue weighted by atomic mass is 9.95. The molecule has 1 saturated heterocycles. The van der Waals surface area contributed by atoms with Gasteiger partial charge in [0.2, 0.25) is 5.91 Å². The van der Waals surface area contributed by atoms with Gasteiger partial charge in [0.1, 0.15) is 12.1 Å². The third kappa shape index (κ3) is 4.59. The van der Waals surface area contributed by atoms with Gasteiger partial charge >= 0.3 is 0 Å². The summed E-state index contributed by atoms with van der Waals surface area (Å²) < 4.78 is 0. The van der Waals surface area contributed by atoms with Crippen LogP contribution in [0.2, 0.25) is 0 Å². The van der Waals surface area contributed by atoms with Crippen molar-refractivity contribution in [3.05, 3.63) is 42.2 Å². The molecule has 2 aromatic rings. The average Bonchev–Trinajstić information content (AvgIpc) is 2.67. The Balaban J connectivity index is 1.62. The van der Waals surface area contributed by atoms with Crippen LogP contribution >= 0.6 is 0 Å². The van der Waals surface area contributed by atoms with E-state index in [1.807, 2.05) is 6.07 Å². The van der Waals surface area contributed by atoms with Crippen molar-refractivity contribution < 1.29 is 4.79 Å². The van der Waals surface area contributed by atoms with Crippen molar-refractivity contribution in [2.24, 2.45) is 11.8 Å². The molecular weight excluding hydrogens is 324 g/mol. The number of rotatable bonds is 5. The van der Waals surface area contributed by atoms with E-state index in [0.717, 1.165) is 49.6 Å². The molecule has 0 bridgehead atoms. The Morgan fingerprint density at radius 1 is 1.19 bits per heavy atom. The second kappa shape index (κ2) is 8.30. The molecule has 1 aliphatic rings. The Morgan fingerprint density at radius 3 is 2.54 bits per heavy atom. The lowest BCUT2D eigenvalue weighted by Gasteiger charge is -2.32. The summed E-state index contributed by atoms with van der Waals surface area (Å²) in [7, 11) is 0. The van der Waals surface area contributed by atoms with E-state index in [1.54, 1.807) is 6.33 Å². The van der Waals surface area contributed by atoms with E-state index in [4.69, 9.17) is 0 Å². The first-order valence-corrected chi connectivity index (χ1v) is 9.44. The van der Waals surface area contributed by atoms with Crippen LogP contribution in [0.15, 0.2) is 36.7 Å². The van der Waals surface area contributed by atoms with Gasteiger partial charge in [0.15, 0.2) is 0 Å². The highest BCUT2D eigenvalue weighted by Crippen LogP contribution is 2.25. The summed E-state index contributed by atoms with van der Waals surface area (Å²) in [5.74, 6) is 1.74. The maximum absolute atomic E-state index is 12.3. The molecule has 1 fully saturated rings. The molecule has 0 radical (unpaired) electrons. The van der Waals surface area contributed by atoms with Gasteiger partial charge in [-0.25, -0.2) is 9.97 Å².